The van der Waals surface area contributed by atoms with Crippen LogP contribution in [0.2, 0.25) is 0 Å². The average molecular weight is 476 g/mol. The Kier molecular flexibility index (Phi) is 8.53. The Morgan fingerprint density at radius 2 is 1.71 bits per heavy atom. The van der Waals surface area contributed by atoms with E-state index >= 15 is 0 Å². The Labute approximate surface area is 207 Å². The number of carbonyl (C=O) groups is 3. The smallest absolute Gasteiger partial charge is 0.408 e. The maximum absolute atomic E-state index is 13.6. The number of nitrogens with zero attached hydrogens (tertiary/aromatic N) is 1. The molecule has 0 aliphatic heterocycles. The topological polar surface area (TPSA) is 87.7 Å². The zero-order valence-electron chi connectivity index (χ0n) is 20.5. The molecule has 1 saturated carbocycles. The number of nitrogens with one attached hydrogen (secondary N) is 2. The van der Waals surface area contributed by atoms with Gasteiger partial charge in [-0.3, -0.25) is 9.59 Å². The van der Waals surface area contributed by atoms with Crippen molar-refractivity contribution in [3.05, 3.63) is 71.3 Å². The molecule has 1 aliphatic carbocycles. The third kappa shape index (κ3) is 7.10. The lowest BCUT2D eigenvalue weighted by Gasteiger charge is -2.42. The van der Waals surface area contributed by atoms with Crippen molar-refractivity contribution in [1.29, 1.82) is 0 Å². The predicted molar refractivity (Wildman–Crippen MR) is 134 cm³/mol. The molecule has 184 valence electrons. The molecule has 7 heteroatoms. The number of carbonyl (C=O) groups excluding carboxylic acids is 3. The largest absolute Gasteiger partial charge is 0.444 e. The van der Waals surface area contributed by atoms with Gasteiger partial charge in [0.25, 0.3) is 0 Å². The van der Waals surface area contributed by atoms with Crippen molar-refractivity contribution in [2.75, 3.05) is 6.54 Å². The molecule has 2 aromatic carbocycles. The number of hydrogen-bond acceptors (Lipinski definition) is 4. The highest BCUT2D eigenvalue weighted by molar-refractivity contribution is 5.91. The van der Waals surface area contributed by atoms with Gasteiger partial charge in [-0.2, -0.15) is 0 Å². The van der Waals surface area contributed by atoms with Crippen LogP contribution in [0.15, 0.2) is 54.6 Å². The molecule has 7 nitrogen and oxygen atoms in total. The van der Waals surface area contributed by atoms with E-state index in [-0.39, 0.29) is 24.4 Å². The molecule has 35 heavy (non-hydrogen) atoms. The van der Waals surface area contributed by atoms with Crippen LogP contribution in [0.3, 0.4) is 0 Å². The summed E-state index contributed by atoms with van der Waals surface area (Å²) < 4.78 is 5.26. The van der Waals surface area contributed by atoms with Gasteiger partial charge in [0.1, 0.15) is 18.2 Å². The van der Waals surface area contributed by atoms with E-state index in [0.717, 1.165) is 24.8 Å². The average Bonchev–Trinajstić information content (AvgIpc) is 2.79. The maximum atomic E-state index is 13.6. The molecule has 0 saturated heterocycles. The van der Waals surface area contributed by atoms with E-state index in [4.69, 9.17) is 11.2 Å². The first-order chi connectivity index (χ1) is 16.7. The van der Waals surface area contributed by atoms with Crippen LogP contribution in [0, 0.1) is 12.3 Å². The van der Waals surface area contributed by atoms with E-state index in [2.05, 4.69) is 16.6 Å². The third-order valence-electron chi connectivity index (χ3n) is 5.79. The van der Waals surface area contributed by atoms with Crippen molar-refractivity contribution in [1.82, 2.24) is 15.5 Å². The van der Waals surface area contributed by atoms with Crippen molar-refractivity contribution in [3.63, 3.8) is 0 Å². The molecule has 0 spiro atoms. The first-order valence-electron chi connectivity index (χ1n) is 11.8. The van der Waals surface area contributed by atoms with Gasteiger partial charge in [0, 0.05) is 18.2 Å². The van der Waals surface area contributed by atoms with Crippen molar-refractivity contribution in [3.8, 4) is 12.3 Å². The van der Waals surface area contributed by atoms with E-state index in [1.54, 1.807) is 49.9 Å². The van der Waals surface area contributed by atoms with E-state index in [0.29, 0.717) is 17.7 Å². The zero-order chi connectivity index (χ0) is 25.4. The van der Waals surface area contributed by atoms with Gasteiger partial charge in [0.15, 0.2) is 0 Å². The highest BCUT2D eigenvalue weighted by atomic mass is 16.6. The second-order valence-corrected chi connectivity index (χ2v) is 9.58. The van der Waals surface area contributed by atoms with E-state index < -0.39 is 17.7 Å². The molecule has 3 amide bonds. The van der Waals surface area contributed by atoms with Gasteiger partial charge in [0.2, 0.25) is 11.8 Å². The lowest BCUT2D eigenvalue weighted by Crippen LogP contribution is -2.54. The van der Waals surface area contributed by atoms with E-state index in [1.165, 1.54) is 0 Å². The quantitative estimate of drug-likeness (QED) is 0.567. The molecule has 2 N–H and O–H groups in total. The third-order valence-corrected chi connectivity index (χ3v) is 5.79. The second kappa shape index (κ2) is 11.6. The lowest BCUT2D eigenvalue weighted by molar-refractivity contribution is -0.145. The molecule has 1 atom stereocenters. The standard InChI is InChI=1S/C28H33N3O4/c1-5-21-14-9-10-17-23(21)25(26(33)29-18-20-12-7-6-8-13-20)31(22-15-11-16-22)24(32)19-30-27(34)35-28(2,3)4/h1,6-10,12-14,17,22,25H,11,15-16,18-19H2,2-4H3,(H,29,33)(H,30,34). The molecule has 2 aromatic rings. The summed E-state index contributed by atoms with van der Waals surface area (Å²) in [4.78, 5) is 40.8. The van der Waals surface area contributed by atoms with Crippen molar-refractivity contribution >= 4 is 17.9 Å². The predicted octanol–water partition coefficient (Wildman–Crippen LogP) is 3.93. The fourth-order valence-electron chi connectivity index (χ4n) is 3.94. The summed E-state index contributed by atoms with van der Waals surface area (Å²) in [5.74, 6) is 1.95. The summed E-state index contributed by atoms with van der Waals surface area (Å²) in [6.45, 7) is 5.28. The molecule has 0 radical (unpaired) electrons. The SMILES string of the molecule is C#Cc1ccccc1C(C(=O)NCc1ccccc1)N(C(=O)CNC(=O)OC(C)(C)C)C1CCC1. The van der Waals surface area contributed by atoms with Crippen LogP contribution in [0.4, 0.5) is 4.79 Å². The van der Waals surface area contributed by atoms with Crippen LogP contribution in [0.1, 0.15) is 62.8 Å². The number of amides is 3. The minimum Gasteiger partial charge on any atom is -0.444 e. The molecule has 1 unspecified atom stereocenters. The maximum Gasteiger partial charge on any atom is 0.408 e. The van der Waals surface area contributed by atoms with Gasteiger partial charge in [0.05, 0.1) is 0 Å². The zero-order valence-corrected chi connectivity index (χ0v) is 20.5. The number of ether oxygens (including phenoxy) is 1. The Bertz CT molecular complexity index is 1080. The van der Waals surface area contributed by atoms with Gasteiger partial charge in [-0.15, -0.1) is 6.42 Å². The first kappa shape index (κ1) is 25.8. The molecular weight excluding hydrogens is 442 g/mol. The number of benzene rings is 2. The van der Waals surface area contributed by atoms with Crippen LogP contribution in [-0.2, 0) is 20.9 Å². The summed E-state index contributed by atoms with van der Waals surface area (Å²) >= 11 is 0. The summed E-state index contributed by atoms with van der Waals surface area (Å²) in [5.41, 5.74) is 1.38. The van der Waals surface area contributed by atoms with Gasteiger partial charge in [-0.25, -0.2) is 4.79 Å². The number of rotatable bonds is 8. The Morgan fingerprint density at radius 3 is 2.31 bits per heavy atom. The summed E-state index contributed by atoms with van der Waals surface area (Å²) in [6.07, 6.45) is 7.58. The molecule has 0 heterocycles. The second-order valence-electron chi connectivity index (χ2n) is 9.58. The van der Waals surface area contributed by atoms with Crippen LogP contribution in [0.5, 0.6) is 0 Å². The first-order valence-corrected chi connectivity index (χ1v) is 11.8. The number of hydrogen-bond donors (Lipinski definition) is 2. The highest BCUT2D eigenvalue weighted by Crippen LogP contribution is 2.34. The number of terminal acetylenes is 1. The van der Waals surface area contributed by atoms with Crippen molar-refractivity contribution < 1.29 is 19.1 Å². The Hall–Kier alpha value is -3.79. The van der Waals surface area contributed by atoms with Gasteiger partial charge >= 0.3 is 6.09 Å². The minimum absolute atomic E-state index is 0.124. The highest BCUT2D eigenvalue weighted by Gasteiger charge is 2.39. The van der Waals surface area contributed by atoms with Crippen LogP contribution < -0.4 is 10.6 Å². The van der Waals surface area contributed by atoms with Crippen molar-refractivity contribution in [2.45, 2.75) is 64.3 Å². The molecule has 3 rings (SSSR count). The van der Waals surface area contributed by atoms with E-state index in [9.17, 15) is 14.4 Å². The minimum atomic E-state index is -0.927. The summed E-state index contributed by atoms with van der Waals surface area (Å²) in [7, 11) is 0. The van der Waals surface area contributed by atoms with E-state index in [1.807, 2.05) is 30.3 Å². The van der Waals surface area contributed by atoms with Crippen LogP contribution in [0.25, 0.3) is 0 Å². The lowest BCUT2D eigenvalue weighted by atomic mass is 9.87. The fraction of sp³-hybridized carbons (Fsp3) is 0.393. The fourth-order valence-corrected chi connectivity index (χ4v) is 3.94. The molecular formula is C28H33N3O4. The van der Waals surface area contributed by atoms with Gasteiger partial charge in [-0.1, -0.05) is 54.5 Å². The summed E-state index contributed by atoms with van der Waals surface area (Å²) in [5, 5.41) is 5.50. The van der Waals surface area contributed by atoms with Gasteiger partial charge < -0.3 is 20.3 Å². The molecule has 0 bridgehead atoms. The van der Waals surface area contributed by atoms with Crippen LogP contribution in [-0.4, -0.2) is 41.0 Å². The normalized spacial score (nSPS) is 14.1. The van der Waals surface area contributed by atoms with Crippen molar-refractivity contribution in [2.24, 2.45) is 0 Å². The summed E-state index contributed by atoms with van der Waals surface area (Å²) in [6, 6.07) is 15.6. The number of alkyl carbamates (subject to hydrolysis) is 1. The molecule has 0 aromatic heterocycles. The molecule has 1 aliphatic rings. The Morgan fingerprint density at radius 1 is 1.06 bits per heavy atom. The Balaban J connectivity index is 1.88. The van der Waals surface area contributed by atoms with Crippen LogP contribution >= 0.6 is 0 Å². The molecule has 1 fully saturated rings. The van der Waals surface area contributed by atoms with Gasteiger partial charge in [-0.05, 0) is 57.2 Å². The monoisotopic (exact) mass is 475 g/mol.